The molecule has 0 fully saturated rings. The van der Waals surface area contributed by atoms with E-state index in [1.54, 1.807) is 0 Å². The van der Waals surface area contributed by atoms with E-state index < -0.39 is 0 Å². The maximum Gasteiger partial charge on any atom is 0.0407 e. The molecule has 0 saturated carbocycles. The van der Waals surface area contributed by atoms with Crippen molar-refractivity contribution in [1.82, 2.24) is 0 Å². The van der Waals surface area contributed by atoms with E-state index in [1.165, 1.54) is 27.8 Å². The highest BCUT2D eigenvalue weighted by Gasteiger charge is 2.04. The summed E-state index contributed by atoms with van der Waals surface area (Å²) in [5.41, 5.74) is 6.73. The third-order valence-electron chi connectivity index (χ3n) is 2.80. The number of rotatable bonds is 2. The highest BCUT2D eigenvalue weighted by atomic mass is 35.5. The van der Waals surface area contributed by atoms with E-state index in [9.17, 15) is 0 Å². The molecule has 0 atom stereocenters. The lowest BCUT2D eigenvalue weighted by atomic mass is 9.94. The molecule has 1 rings (SSSR count). The van der Waals surface area contributed by atoms with Crippen LogP contribution >= 0.6 is 11.6 Å². The second-order valence-electron chi connectivity index (χ2n) is 3.73. The van der Waals surface area contributed by atoms with E-state index in [4.69, 9.17) is 11.6 Å². The van der Waals surface area contributed by atoms with Gasteiger partial charge >= 0.3 is 0 Å². The Morgan fingerprint density at radius 3 is 2.00 bits per heavy atom. The molecule has 0 amide bonds. The first-order chi connectivity index (χ1) is 6.57. The Hall–Kier alpha value is -0.750. The Labute approximate surface area is 91.6 Å². The van der Waals surface area contributed by atoms with Gasteiger partial charge < -0.3 is 0 Å². The van der Waals surface area contributed by atoms with E-state index in [2.05, 4.69) is 39.8 Å². The van der Waals surface area contributed by atoms with Crippen molar-refractivity contribution < 1.29 is 0 Å². The van der Waals surface area contributed by atoms with Gasteiger partial charge in [0.15, 0.2) is 0 Å². The normalized spacial score (nSPS) is 11.2. The summed E-state index contributed by atoms with van der Waals surface area (Å²) in [6.07, 6.45) is 4.12. The minimum Gasteiger partial charge on any atom is -0.122 e. The summed E-state index contributed by atoms with van der Waals surface area (Å²) >= 11 is 5.65. The summed E-state index contributed by atoms with van der Waals surface area (Å²) in [5, 5.41) is 0. The quantitative estimate of drug-likeness (QED) is 0.640. The van der Waals surface area contributed by atoms with Gasteiger partial charge in [-0.05, 0) is 55.5 Å². The first-order valence-electron chi connectivity index (χ1n) is 4.87. The van der Waals surface area contributed by atoms with Crippen molar-refractivity contribution in [3.8, 4) is 0 Å². The molecule has 0 radical (unpaired) electrons. The molecule has 14 heavy (non-hydrogen) atoms. The van der Waals surface area contributed by atoms with Crippen LogP contribution in [0, 0.1) is 27.7 Å². The van der Waals surface area contributed by atoms with Crippen molar-refractivity contribution in [3.05, 3.63) is 40.0 Å². The van der Waals surface area contributed by atoms with Crippen LogP contribution in [0.5, 0.6) is 0 Å². The fourth-order valence-corrected chi connectivity index (χ4v) is 1.75. The number of hydrogen-bond donors (Lipinski definition) is 0. The Morgan fingerprint density at radius 1 is 1.07 bits per heavy atom. The van der Waals surface area contributed by atoms with Crippen LogP contribution in [0.3, 0.4) is 0 Å². The highest BCUT2D eigenvalue weighted by molar-refractivity contribution is 6.19. The lowest BCUT2D eigenvalue weighted by Crippen LogP contribution is -1.94. The van der Waals surface area contributed by atoms with Crippen LogP contribution in [-0.4, -0.2) is 5.88 Å². The van der Waals surface area contributed by atoms with E-state index >= 15 is 0 Å². The predicted molar refractivity (Wildman–Crippen MR) is 65.1 cm³/mol. The van der Waals surface area contributed by atoms with Crippen molar-refractivity contribution in [3.63, 3.8) is 0 Å². The molecule has 0 nitrogen and oxygen atoms in total. The summed E-state index contributed by atoms with van der Waals surface area (Å²) < 4.78 is 0. The maximum atomic E-state index is 5.65. The summed E-state index contributed by atoms with van der Waals surface area (Å²) in [7, 11) is 0. The lowest BCUT2D eigenvalue weighted by Gasteiger charge is -2.11. The van der Waals surface area contributed by atoms with Crippen molar-refractivity contribution in [1.29, 1.82) is 0 Å². The van der Waals surface area contributed by atoms with Crippen LogP contribution in [0.2, 0.25) is 0 Å². The van der Waals surface area contributed by atoms with Crippen LogP contribution in [0.25, 0.3) is 6.08 Å². The number of benzene rings is 1. The fourth-order valence-electron chi connectivity index (χ4n) is 1.66. The molecule has 1 aromatic rings. The first kappa shape index (κ1) is 11.3. The molecule has 0 saturated heterocycles. The molecule has 0 unspecified atom stereocenters. The van der Waals surface area contributed by atoms with Crippen molar-refractivity contribution >= 4 is 17.7 Å². The molecular weight excluding hydrogens is 192 g/mol. The molecule has 0 aromatic heterocycles. The average molecular weight is 209 g/mol. The molecule has 0 aliphatic rings. The van der Waals surface area contributed by atoms with Gasteiger partial charge in [-0.3, -0.25) is 0 Å². The van der Waals surface area contributed by atoms with E-state index in [0.29, 0.717) is 5.88 Å². The van der Waals surface area contributed by atoms with Gasteiger partial charge in [0.1, 0.15) is 0 Å². The Balaban J connectivity index is 3.32. The second kappa shape index (κ2) is 4.65. The van der Waals surface area contributed by atoms with Gasteiger partial charge in [0.2, 0.25) is 0 Å². The van der Waals surface area contributed by atoms with Gasteiger partial charge in [-0.1, -0.05) is 18.2 Å². The molecule has 0 bridgehead atoms. The van der Waals surface area contributed by atoms with E-state index in [1.807, 2.05) is 6.08 Å². The Morgan fingerprint density at radius 2 is 1.57 bits per heavy atom. The summed E-state index contributed by atoms with van der Waals surface area (Å²) in [5.74, 6) is 0.575. The summed E-state index contributed by atoms with van der Waals surface area (Å²) in [6.45, 7) is 8.63. The maximum absolute atomic E-state index is 5.65. The van der Waals surface area contributed by atoms with Gasteiger partial charge in [-0.25, -0.2) is 0 Å². The third-order valence-corrected chi connectivity index (χ3v) is 2.98. The zero-order valence-electron chi connectivity index (χ0n) is 9.32. The molecule has 0 N–H and O–H groups in total. The number of allylic oxidation sites excluding steroid dienone is 1. The zero-order valence-corrected chi connectivity index (χ0v) is 10.1. The van der Waals surface area contributed by atoms with Crippen molar-refractivity contribution in [2.24, 2.45) is 0 Å². The van der Waals surface area contributed by atoms with Crippen LogP contribution in [-0.2, 0) is 0 Å². The Kier molecular flexibility index (Phi) is 3.77. The average Bonchev–Trinajstić information content (AvgIpc) is 2.15. The number of aryl methyl sites for hydroxylation is 2. The predicted octanol–water partition coefficient (Wildman–Crippen LogP) is 4.17. The summed E-state index contributed by atoms with van der Waals surface area (Å²) in [4.78, 5) is 0. The molecule has 1 aromatic carbocycles. The fraction of sp³-hybridized carbons (Fsp3) is 0.385. The second-order valence-corrected chi connectivity index (χ2v) is 4.04. The van der Waals surface area contributed by atoms with Crippen molar-refractivity contribution in [2.45, 2.75) is 27.7 Å². The van der Waals surface area contributed by atoms with Gasteiger partial charge in [0.25, 0.3) is 0 Å². The van der Waals surface area contributed by atoms with Crippen LogP contribution in [0.1, 0.15) is 27.8 Å². The smallest absolute Gasteiger partial charge is 0.0407 e. The Bertz CT molecular complexity index is 336. The van der Waals surface area contributed by atoms with Gasteiger partial charge in [-0.15, -0.1) is 11.6 Å². The van der Waals surface area contributed by atoms with Gasteiger partial charge in [-0.2, -0.15) is 0 Å². The number of halogens is 1. The van der Waals surface area contributed by atoms with Crippen LogP contribution < -0.4 is 0 Å². The highest BCUT2D eigenvalue weighted by Crippen LogP contribution is 2.22. The first-order valence-corrected chi connectivity index (χ1v) is 5.41. The molecular formula is C13H17Cl. The van der Waals surface area contributed by atoms with Gasteiger partial charge in [0, 0.05) is 5.88 Å². The molecule has 0 heterocycles. The zero-order chi connectivity index (χ0) is 10.7. The number of hydrogen-bond acceptors (Lipinski definition) is 0. The monoisotopic (exact) mass is 208 g/mol. The standard InChI is InChI=1S/C13H17Cl/c1-9-8-10(2)12(4)13(11(9)3)6-5-7-14/h5-6,8H,7H2,1-4H3. The molecule has 0 spiro atoms. The largest absolute Gasteiger partial charge is 0.122 e. The van der Waals surface area contributed by atoms with Crippen LogP contribution in [0.4, 0.5) is 0 Å². The van der Waals surface area contributed by atoms with Crippen molar-refractivity contribution in [2.75, 3.05) is 5.88 Å². The minimum absolute atomic E-state index is 0.575. The minimum atomic E-state index is 0.575. The van der Waals surface area contributed by atoms with Gasteiger partial charge in [0.05, 0.1) is 0 Å². The van der Waals surface area contributed by atoms with E-state index in [-0.39, 0.29) is 0 Å². The van der Waals surface area contributed by atoms with Crippen LogP contribution in [0.15, 0.2) is 12.1 Å². The molecule has 0 aliphatic heterocycles. The molecule has 1 heteroatoms. The molecule has 0 aliphatic carbocycles. The van der Waals surface area contributed by atoms with E-state index in [0.717, 1.165) is 0 Å². The third kappa shape index (κ3) is 2.19. The molecule has 76 valence electrons. The summed E-state index contributed by atoms with van der Waals surface area (Å²) in [6, 6.07) is 2.24. The lowest BCUT2D eigenvalue weighted by molar-refractivity contribution is 1.23. The SMILES string of the molecule is Cc1cc(C)c(C)c(C=CCCl)c1C. The number of alkyl halides is 1. The topological polar surface area (TPSA) is 0 Å².